The molecule has 0 aromatic carbocycles. The Balaban J connectivity index is 3.78. The van der Waals surface area contributed by atoms with Gasteiger partial charge in [-0.3, -0.25) is 14.1 Å². The molecule has 286 valence electrons. The molecular weight excluding hydrogens is 627 g/mol. The fourth-order valence-corrected chi connectivity index (χ4v) is 6.34. The van der Waals surface area contributed by atoms with E-state index in [0.29, 0.717) is 6.42 Å². The molecule has 9 heteroatoms. The van der Waals surface area contributed by atoms with Gasteiger partial charge in [0.2, 0.25) is 0 Å². The van der Waals surface area contributed by atoms with Gasteiger partial charge in [-0.25, -0.2) is 4.57 Å². The van der Waals surface area contributed by atoms with Crippen molar-refractivity contribution >= 4 is 19.8 Å². The van der Waals surface area contributed by atoms with Crippen LogP contribution in [0.4, 0.5) is 0 Å². The highest BCUT2D eigenvalue weighted by Crippen LogP contribution is 2.36. The highest BCUT2D eigenvalue weighted by atomic mass is 31.2. The predicted molar refractivity (Wildman–Crippen MR) is 198 cm³/mol. The second-order valence-corrected chi connectivity index (χ2v) is 16.2. The van der Waals surface area contributed by atoms with Crippen molar-refractivity contribution in [2.45, 2.75) is 214 Å². The number of carbonyl (C=O) groups is 2. The molecule has 48 heavy (non-hydrogen) atoms. The molecule has 0 aromatic rings. The Labute approximate surface area is 295 Å². The average Bonchev–Trinajstić information content (AvgIpc) is 3.01. The molecule has 1 atom stereocenters. The number of ether oxygens (including phenoxy) is 2. The molecule has 2 N–H and O–H groups in total. The zero-order valence-electron chi connectivity index (χ0n) is 31.7. The third-order valence-corrected chi connectivity index (χ3v) is 9.47. The molecule has 0 amide bonds. The summed E-state index contributed by atoms with van der Waals surface area (Å²) in [5.41, 5.74) is 0. The summed E-state index contributed by atoms with van der Waals surface area (Å²) in [5.74, 6) is 0.703. The van der Waals surface area contributed by atoms with Crippen LogP contribution in [0.15, 0.2) is 0 Å². The third kappa shape index (κ3) is 37.9. The number of phosphoric acid groups is 1. The second-order valence-electron chi connectivity index (χ2n) is 14.9. The van der Waals surface area contributed by atoms with Crippen molar-refractivity contribution in [3.8, 4) is 0 Å². The molecule has 0 unspecified atom stereocenters. The van der Waals surface area contributed by atoms with Crippen LogP contribution in [0.1, 0.15) is 207 Å². The summed E-state index contributed by atoms with van der Waals surface area (Å²) < 4.78 is 26.3. The molecule has 8 nitrogen and oxygen atoms in total. The van der Waals surface area contributed by atoms with Gasteiger partial charge in [-0.15, -0.1) is 0 Å². The normalized spacial score (nSPS) is 12.6. The van der Waals surface area contributed by atoms with Gasteiger partial charge in [0.1, 0.15) is 6.61 Å². The van der Waals surface area contributed by atoms with Crippen LogP contribution in [0.25, 0.3) is 0 Å². The van der Waals surface area contributed by atoms with E-state index >= 15 is 0 Å². The maximum absolute atomic E-state index is 12.3. The smallest absolute Gasteiger partial charge is 0.462 e. The number of hydrogen-bond donors (Lipinski definition) is 2. The minimum Gasteiger partial charge on any atom is -0.462 e. The fourth-order valence-electron chi connectivity index (χ4n) is 5.98. The number of carbonyl (C=O) groups excluding carboxylic acids is 2. The SMILES string of the molecule is CC(C)CCCCCCCCCCCCCCCCCCCCC(=O)OC[C@H](COP(=O)(O)O)OC(=O)CCCCCCCCC(C)C. The standard InChI is InChI=1S/C39H77O8P/c1-35(2)29-25-21-17-15-13-11-9-7-5-6-8-10-12-14-16-18-23-27-31-38(40)45-33-37(34-46-48(42,43)44)47-39(41)32-28-24-20-19-22-26-30-36(3)4/h35-37H,5-34H2,1-4H3,(H2,42,43,44)/t37-/m1/s1. The van der Waals surface area contributed by atoms with Gasteiger partial charge < -0.3 is 19.3 Å². The van der Waals surface area contributed by atoms with E-state index in [0.717, 1.165) is 50.4 Å². The molecule has 0 rings (SSSR count). The molecule has 0 saturated heterocycles. The maximum atomic E-state index is 12.3. The van der Waals surface area contributed by atoms with Crippen molar-refractivity contribution in [3.63, 3.8) is 0 Å². The Morgan fingerprint density at radius 1 is 0.479 bits per heavy atom. The van der Waals surface area contributed by atoms with Gasteiger partial charge >= 0.3 is 19.8 Å². The van der Waals surface area contributed by atoms with E-state index in [1.54, 1.807) is 0 Å². The largest absolute Gasteiger partial charge is 0.469 e. The van der Waals surface area contributed by atoms with E-state index in [1.807, 2.05) is 0 Å². The van der Waals surface area contributed by atoms with E-state index in [1.165, 1.54) is 122 Å². The number of rotatable bonds is 36. The fraction of sp³-hybridized carbons (Fsp3) is 0.949. The van der Waals surface area contributed by atoms with Crippen molar-refractivity contribution < 1.29 is 37.9 Å². The summed E-state index contributed by atoms with van der Waals surface area (Å²) in [6.45, 7) is 8.28. The Kier molecular flexibility index (Phi) is 32.6. The van der Waals surface area contributed by atoms with Gasteiger partial charge in [0, 0.05) is 12.8 Å². The lowest BCUT2D eigenvalue weighted by molar-refractivity contribution is -0.161. The van der Waals surface area contributed by atoms with Gasteiger partial charge in [-0.2, -0.15) is 0 Å². The van der Waals surface area contributed by atoms with Gasteiger partial charge in [0.05, 0.1) is 6.61 Å². The minimum atomic E-state index is -4.74. The Hall–Kier alpha value is -0.950. The topological polar surface area (TPSA) is 119 Å². The summed E-state index contributed by atoms with van der Waals surface area (Å²) in [4.78, 5) is 42.6. The van der Waals surface area contributed by atoms with Crippen molar-refractivity contribution in [3.05, 3.63) is 0 Å². The molecule has 0 heterocycles. The molecule has 0 aliphatic carbocycles. The zero-order valence-corrected chi connectivity index (χ0v) is 32.6. The molecule has 0 aromatic heterocycles. The van der Waals surface area contributed by atoms with Crippen LogP contribution in [0.5, 0.6) is 0 Å². The van der Waals surface area contributed by atoms with Crippen LogP contribution >= 0.6 is 7.82 Å². The molecule has 0 radical (unpaired) electrons. The third-order valence-electron chi connectivity index (χ3n) is 8.98. The molecular formula is C39H77O8P. The minimum absolute atomic E-state index is 0.214. The summed E-state index contributed by atoms with van der Waals surface area (Å²) >= 11 is 0. The van der Waals surface area contributed by atoms with Gasteiger partial charge in [-0.1, -0.05) is 182 Å². The summed E-state index contributed by atoms with van der Waals surface area (Å²) in [5, 5.41) is 0. The van der Waals surface area contributed by atoms with Crippen LogP contribution < -0.4 is 0 Å². The van der Waals surface area contributed by atoms with E-state index in [-0.39, 0.29) is 19.4 Å². The summed E-state index contributed by atoms with van der Waals surface area (Å²) in [6.07, 6.45) is 31.5. The van der Waals surface area contributed by atoms with Crippen molar-refractivity contribution in [2.24, 2.45) is 11.8 Å². The monoisotopic (exact) mass is 705 g/mol. The molecule has 0 aliphatic heterocycles. The quantitative estimate of drug-likeness (QED) is 0.0376. The van der Waals surface area contributed by atoms with Crippen LogP contribution in [-0.2, 0) is 28.2 Å². The Bertz CT molecular complexity index is 782. The molecule has 0 saturated carbocycles. The van der Waals surface area contributed by atoms with E-state index < -0.39 is 32.5 Å². The number of unbranched alkanes of at least 4 members (excludes halogenated alkanes) is 22. The lowest BCUT2D eigenvalue weighted by atomic mass is 10.0. The lowest BCUT2D eigenvalue weighted by Crippen LogP contribution is -2.29. The highest BCUT2D eigenvalue weighted by Gasteiger charge is 2.22. The van der Waals surface area contributed by atoms with Crippen molar-refractivity contribution in [2.75, 3.05) is 13.2 Å². The summed E-state index contributed by atoms with van der Waals surface area (Å²) in [7, 11) is -4.74. The molecule has 0 aliphatic rings. The first-order valence-electron chi connectivity index (χ1n) is 20.0. The van der Waals surface area contributed by atoms with Gasteiger partial charge in [0.25, 0.3) is 0 Å². The van der Waals surface area contributed by atoms with Crippen molar-refractivity contribution in [1.82, 2.24) is 0 Å². The molecule has 0 spiro atoms. The van der Waals surface area contributed by atoms with Crippen LogP contribution in [0, 0.1) is 11.8 Å². The molecule has 0 fully saturated rings. The zero-order chi connectivity index (χ0) is 35.7. The lowest BCUT2D eigenvalue weighted by Gasteiger charge is -2.18. The number of phosphoric ester groups is 1. The van der Waals surface area contributed by atoms with Crippen LogP contribution in [0.3, 0.4) is 0 Å². The first-order valence-corrected chi connectivity index (χ1v) is 21.6. The average molecular weight is 705 g/mol. The van der Waals surface area contributed by atoms with Crippen LogP contribution in [-0.4, -0.2) is 41.0 Å². The highest BCUT2D eigenvalue weighted by molar-refractivity contribution is 7.46. The van der Waals surface area contributed by atoms with E-state index in [2.05, 4.69) is 32.2 Å². The molecule has 0 bridgehead atoms. The number of hydrogen-bond acceptors (Lipinski definition) is 6. The van der Waals surface area contributed by atoms with Gasteiger partial charge in [-0.05, 0) is 24.7 Å². The van der Waals surface area contributed by atoms with E-state index in [4.69, 9.17) is 19.3 Å². The van der Waals surface area contributed by atoms with Crippen molar-refractivity contribution in [1.29, 1.82) is 0 Å². The Morgan fingerprint density at radius 2 is 0.792 bits per heavy atom. The number of esters is 2. The predicted octanol–water partition coefficient (Wildman–Crippen LogP) is 11.8. The van der Waals surface area contributed by atoms with Crippen LogP contribution in [0.2, 0.25) is 0 Å². The maximum Gasteiger partial charge on any atom is 0.469 e. The first-order chi connectivity index (χ1) is 23.0. The van der Waals surface area contributed by atoms with Gasteiger partial charge in [0.15, 0.2) is 6.10 Å². The second kappa shape index (κ2) is 33.2. The summed E-state index contributed by atoms with van der Waals surface area (Å²) in [6, 6.07) is 0. The van der Waals surface area contributed by atoms with E-state index in [9.17, 15) is 14.2 Å². The Morgan fingerprint density at radius 3 is 1.12 bits per heavy atom. The first kappa shape index (κ1) is 47.0.